The smallest absolute Gasteiger partial charge is 0.283 e. The molecule has 1 nitrogen and oxygen atoms in total. The topological polar surface area (TPSA) is 17.1 Å². The highest BCUT2D eigenvalue weighted by molar-refractivity contribution is 8.12. The van der Waals surface area contributed by atoms with E-state index in [0.717, 1.165) is 0 Å². The maximum atomic E-state index is 11.1. The molecule has 13 heavy (non-hydrogen) atoms. The number of rotatable bonds is 3. The standard InChI is InChI=1S/C5H5Cl6OP/c1-5(9,2-6)3(7)4(8)13(10,11)12/h2H2,1H3/b4-3-. The van der Waals surface area contributed by atoms with Crippen LogP contribution >= 0.6 is 74.7 Å². The Bertz CT molecular complexity index is 266. The quantitative estimate of drug-likeness (QED) is 0.492. The lowest BCUT2D eigenvalue weighted by Gasteiger charge is -2.19. The van der Waals surface area contributed by atoms with Gasteiger partial charge in [0, 0.05) is 5.88 Å². The molecule has 8 heteroatoms. The summed E-state index contributed by atoms with van der Waals surface area (Å²) in [5.41, 5.74) is 0. The molecule has 0 amide bonds. The maximum Gasteiger partial charge on any atom is 0.294 e. The first-order valence-electron chi connectivity index (χ1n) is 2.93. The van der Waals surface area contributed by atoms with Gasteiger partial charge in [0.25, 0.3) is 5.85 Å². The fraction of sp³-hybridized carbons (Fsp3) is 0.600. The monoisotopic (exact) mass is 322 g/mol. The Morgan fingerprint density at radius 1 is 1.38 bits per heavy atom. The summed E-state index contributed by atoms with van der Waals surface area (Å²) in [5.74, 6) is -3.61. The number of halogens is 6. The second-order valence-corrected chi connectivity index (χ2v) is 9.27. The molecule has 0 fully saturated rings. The summed E-state index contributed by atoms with van der Waals surface area (Å²) >= 11 is 33.1. The Kier molecular flexibility index (Phi) is 5.84. The van der Waals surface area contributed by atoms with Crippen molar-refractivity contribution in [3.8, 4) is 0 Å². The van der Waals surface area contributed by atoms with Crippen LogP contribution in [-0.2, 0) is 4.57 Å². The highest BCUT2D eigenvalue weighted by Crippen LogP contribution is 2.67. The molecule has 0 aliphatic rings. The van der Waals surface area contributed by atoms with Crippen molar-refractivity contribution in [1.82, 2.24) is 0 Å². The van der Waals surface area contributed by atoms with E-state index in [0.29, 0.717) is 0 Å². The molecule has 0 aromatic carbocycles. The third-order valence-electron chi connectivity index (χ3n) is 1.12. The molecule has 0 bridgehead atoms. The molecule has 1 atom stereocenters. The second kappa shape index (κ2) is 5.16. The Morgan fingerprint density at radius 2 is 1.77 bits per heavy atom. The van der Waals surface area contributed by atoms with Gasteiger partial charge in [0.05, 0.1) is 9.91 Å². The number of hydrogen-bond acceptors (Lipinski definition) is 1. The van der Waals surface area contributed by atoms with E-state index >= 15 is 0 Å². The minimum absolute atomic E-state index is 0.00259. The minimum atomic E-state index is -3.61. The number of hydrogen-bond donors (Lipinski definition) is 0. The van der Waals surface area contributed by atoms with Crippen molar-refractivity contribution >= 4 is 74.7 Å². The van der Waals surface area contributed by atoms with E-state index in [-0.39, 0.29) is 15.7 Å². The van der Waals surface area contributed by atoms with Crippen molar-refractivity contribution in [2.75, 3.05) is 5.88 Å². The second-order valence-electron chi connectivity index (χ2n) is 2.40. The first kappa shape index (κ1) is 14.7. The lowest BCUT2D eigenvalue weighted by atomic mass is 10.2. The Balaban J connectivity index is 5.16. The van der Waals surface area contributed by atoms with Crippen molar-refractivity contribution < 1.29 is 4.57 Å². The van der Waals surface area contributed by atoms with Gasteiger partial charge in [-0.1, -0.05) is 23.2 Å². The van der Waals surface area contributed by atoms with Crippen LogP contribution in [0.2, 0.25) is 0 Å². The zero-order valence-corrected chi connectivity index (χ0v) is 11.8. The maximum absolute atomic E-state index is 11.1. The van der Waals surface area contributed by atoms with Crippen LogP contribution in [0.3, 0.4) is 0 Å². The van der Waals surface area contributed by atoms with Gasteiger partial charge in [-0.2, -0.15) is 0 Å². The average Bonchev–Trinajstić information content (AvgIpc) is 2.00. The van der Waals surface area contributed by atoms with Crippen molar-refractivity contribution in [1.29, 1.82) is 0 Å². The zero-order valence-electron chi connectivity index (χ0n) is 6.33. The molecule has 0 aromatic heterocycles. The van der Waals surface area contributed by atoms with Gasteiger partial charge < -0.3 is 0 Å². The van der Waals surface area contributed by atoms with Crippen LogP contribution in [0.15, 0.2) is 9.81 Å². The molecule has 0 aliphatic heterocycles. The zero-order chi connectivity index (χ0) is 10.9. The summed E-state index contributed by atoms with van der Waals surface area (Å²) < 4.78 is 10.7. The first-order valence-corrected chi connectivity index (χ1v) is 8.12. The van der Waals surface area contributed by atoms with E-state index in [2.05, 4.69) is 0 Å². The van der Waals surface area contributed by atoms with E-state index in [4.69, 9.17) is 68.9 Å². The van der Waals surface area contributed by atoms with Gasteiger partial charge in [-0.25, -0.2) is 0 Å². The third kappa shape index (κ3) is 4.38. The summed E-state index contributed by atoms with van der Waals surface area (Å²) in [6, 6.07) is 0. The summed E-state index contributed by atoms with van der Waals surface area (Å²) in [4.78, 5) is -1.11. The fourth-order valence-electron chi connectivity index (χ4n) is 0.388. The van der Waals surface area contributed by atoms with Crippen LogP contribution < -0.4 is 0 Å². The fourth-order valence-corrected chi connectivity index (χ4v) is 2.67. The SMILES string of the molecule is CC(Cl)(CCl)/C(Cl)=C(\Cl)P(=O)(Cl)Cl. The normalized spacial score (nSPS) is 19.3. The Hall–Kier alpha value is 1.71. The molecule has 0 spiro atoms. The molecular formula is C5H5Cl6OP. The summed E-state index contributed by atoms with van der Waals surface area (Å²) in [6.45, 7) is 1.51. The summed E-state index contributed by atoms with van der Waals surface area (Å²) in [5, 5.41) is -0.0980. The van der Waals surface area contributed by atoms with Crippen LogP contribution in [0.5, 0.6) is 0 Å². The summed E-state index contributed by atoms with van der Waals surface area (Å²) in [6.07, 6.45) is 0. The van der Waals surface area contributed by atoms with Gasteiger partial charge in [-0.3, -0.25) is 4.57 Å². The summed E-state index contributed by atoms with van der Waals surface area (Å²) in [7, 11) is 0. The number of alkyl halides is 2. The van der Waals surface area contributed by atoms with E-state index in [1.54, 1.807) is 0 Å². The minimum Gasteiger partial charge on any atom is -0.283 e. The molecular weight excluding hydrogens is 320 g/mol. The Labute approximate surface area is 106 Å². The van der Waals surface area contributed by atoms with Crippen LogP contribution in [0.4, 0.5) is 0 Å². The molecule has 0 radical (unpaired) electrons. The largest absolute Gasteiger partial charge is 0.294 e. The van der Waals surface area contributed by atoms with E-state index in [9.17, 15) is 4.57 Å². The van der Waals surface area contributed by atoms with Crippen LogP contribution in [-0.4, -0.2) is 10.8 Å². The predicted molar refractivity (Wildman–Crippen MR) is 63.0 cm³/mol. The third-order valence-corrected chi connectivity index (χ3v) is 6.16. The van der Waals surface area contributed by atoms with Gasteiger partial charge in [0.15, 0.2) is 0 Å². The number of allylic oxidation sites excluding steroid dienone is 1. The molecule has 0 aromatic rings. The molecule has 0 heterocycles. The van der Waals surface area contributed by atoms with Gasteiger partial charge >= 0.3 is 0 Å². The molecule has 0 rings (SSSR count). The van der Waals surface area contributed by atoms with Gasteiger partial charge in [0.1, 0.15) is 4.77 Å². The highest BCUT2D eigenvalue weighted by atomic mass is 35.9. The van der Waals surface area contributed by atoms with Crippen molar-refractivity contribution in [3.63, 3.8) is 0 Å². The van der Waals surface area contributed by atoms with Crippen LogP contribution in [0, 0.1) is 0 Å². The van der Waals surface area contributed by atoms with Gasteiger partial charge in [-0.15, -0.1) is 23.2 Å². The average molecular weight is 325 g/mol. The molecule has 78 valence electrons. The highest BCUT2D eigenvalue weighted by Gasteiger charge is 2.32. The molecule has 0 N–H and O–H groups in total. The van der Waals surface area contributed by atoms with Crippen molar-refractivity contribution in [2.45, 2.75) is 11.8 Å². The molecule has 0 aliphatic carbocycles. The van der Waals surface area contributed by atoms with Crippen molar-refractivity contribution in [3.05, 3.63) is 9.81 Å². The lowest BCUT2D eigenvalue weighted by Crippen LogP contribution is -2.19. The van der Waals surface area contributed by atoms with Crippen molar-refractivity contribution in [2.24, 2.45) is 0 Å². The molecule has 0 saturated heterocycles. The Morgan fingerprint density at radius 3 is 2.00 bits per heavy atom. The lowest BCUT2D eigenvalue weighted by molar-refractivity contribution is 0.596. The van der Waals surface area contributed by atoms with Gasteiger partial charge in [0.2, 0.25) is 0 Å². The van der Waals surface area contributed by atoms with E-state index in [1.165, 1.54) is 6.92 Å². The van der Waals surface area contributed by atoms with E-state index < -0.39 is 10.7 Å². The van der Waals surface area contributed by atoms with E-state index in [1.807, 2.05) is 0 Å². The van der Waals surface area contributed by atoms with Crippen LogP contribution in [0.1, 0.15) is 6.92 Å². The predicted octanol–water partition coefficient (Wildman–Crippen LogP) is 5.54. The van der Waals surface area contributed by atoms with Gasteiger partial charge in [-0.05, 0) is 29.4 Å². The molecule has 0 saturated carbocycles. The molecule has 1 unspecified atom stereocenters. The van der Waals surface area contributed by atoms with Crippen LogP contribution in [0.25, 0.3) is 0 Å². The first-order chi connectivity index (χ1) is 5.63.